The van der Waals surface area contributed by atoms with Crippen LogP contribution in [0.2, 0.25) is 0 Å². The first kappa shape index (κ1) is 12.3. The average molecular weight is 236 g/mol. The fourth-order valence-corrected chi connectivity index (χ4v) is 1.97. The molecule has 17 heavy (non-hydrogen) atoms. The van der Waals surface area contributed by atoms with E-state index < -0.39 is 0 Å². The molecule has 2 N–H and O–H groups in total. The van der Waals surface area contributed by atoms with E-state index in [0.29, 0.717) is 19.3 Å². The monoisotopic (exact) mass is 236 g/mol. The van der Waals surface area contributed by atoms with Crippen molar-refractivity contribution in [2.24, 2.45) is 5.73 Å². The number of piperidine rings is 1. The smallest absolute Gasteiger partial charge is 0.132 e. The van der Waals surface area contributed by atoms with Gasteiger partial charge in [-0.1, -0.05) is 0 Å². The van der Waals surface area contributed by atoms with E-state index in [-0.39, 0.29) is 0 Å². The van der Waals surface area contributed by atoms with Gasteiger partial charge in [0.2, 0.25) is 0 Å². The molecule has 1 aliphatic rings. The van der Waals surface area contributed by atoms with E-state index >= 15 is 0 Å². The second kappa shape index (κ2) is 5.93. The summed E-state index contributed by atoms with van der Waals surface area (Å²) in [7, 11) is 0. The van der Waals surface area contributed by atoms with Gasteiger partial charge in [-0.2, -0.15) is 0 Å². The number of hydrogen-bond acceptors (Lipinski definition) is 5. The highest BCUT2D eigenvalue weighted by Gasteiger charge is 2.17. The van der Waals surface area contributed by atoms with Crippen LogP contribution >= 0.6 is 0 Å². The Morgan fingerprint density at radius 1 is 1.41 bits per heavy atom. The molecule has 94 valence electrons. The molecule has 0 aliphatic carbocycles. The minimum atomic E-state index is 0.344. The molecule has 0 unspecified atom stereocenters. The standard InChI is InChI=1S/C12H20N4O/c1-2-17-8-11-7-12(15-9-14-11)16-5-3-10(13)4-6-16/h7,9-10H,2-6,8,13H2,1H3. The summed E-state index contributed by atoms with van der Waals surface area (Å²) in [4.78, 5) is 10.8. The van der Waals surface area contributed by atoms with Gasteiger partial charge in [-0.25, -0.2) is 9.97 Å². The molecule has 5 heteroatoms. The number of rotatable bonds is 4. The van der Waals surface area contributed by atoms with Crippen molar-refractivity contribution >= 4 is 5.82 Å². The predicted octanol–water partition coefficient (Wildman–Crippen LogP) is 0.941. The summed E-state index contributed by atoms with van der Waals surface area (Å²) < 4.78 is 5.35. The fourth-order valence-electron chi connectivity index (χ4n) is 1.97. The summed E-state index contributed by atoms with van der Waals surface area (Å²) in [6.45, 7) is 5.20. The van der Waals surface area contributed by atoms with E-state index in [4.69, 9.17) is 10.5 Å². The van der Waals surface area contributed by atoms with Crippen molar-refractivity contribution in [3.8, 4) is 0 Å². The largest absolute Gasteiger partial charge is 0.375 e. The van der Waals surface area contributed by atoms with E-state index in [0.717, 1.165) is 37.4 Å². The number of ether oxygens (including phenoxy) is 1. The third-order valence-electron chi connectivity index (χ3n) is 3.03. The number of aromatic nitrogens is 2. The maximum atomic E-state index is 5.89. The van der Waals surface area contributed by atoms with Gasteiger partial charge in [0.1, 0.15) is 12.1 Å². The molecule has 2 heterocycles. The molecule has 1 aromatic heterocycles. The number of nitrogens with zero attached hydrogens (tertiary/aromatic N) is 3. The van der Waals surface area contributed by atoms with E-state index in [1.54, 1.807) is 6.33 Å². The Bertz CT molecular complexity index is 350. The van der Waals surface area contributed by atoms with Gasteiger partial charge in [0, 0.05) is 31.8 Å². The molecule has 0 atom stereocenters. The molecule has 0 amide bonds. The van der Waals surface area contributed by atoms with Crippen LogP contribution in [0.5, 0.6) is 0 Å². The molecule has 1 aromatic rings. The highest BCUT2D eigenvalue weighted by molar-refractivity contribution is 5.39. The lowest BCUT2D eigenvalue weighted by molar-refractivity contribution is 0.131. The zero-order valence-corrected chi connectivity index (χ0v) is 10.3. The third kappa shape index (κ3) is 3.38. The van der Waals surface area contributed by atoms with Crippen LogP contribution in [0.4, 0.5) is 5.82 Å². The van der Waals surface area contributed by atoms with Crippen molar-refractivity contribution in [2.45, 2.75) is 32.4 Å². The molecule has 0 aromatic carbocycles. The van der Waals surface area contributed by atoms with Crippen LogP contribution < -0.4 is 10.6 Å². The van der Waals surface area contributed by atoms with Crippen molar-refractivity contribution in [1.29, 1.82) is 0 Å². The van der Waals surface area contributed by atoms with Crippen LogP contribution in [0, 0.1) is 0 Å². The highest BCUT2D eigenvalue weighted by atomic mass is 16.5. The Morgan fingerprint density at radius 2 is 2.18 bits per heavy atom. The van der Waals surface area contributed by atoms with Crippen molar-refractivity contribution in [3.63, 3.8) is 0 Å². The number of hydrogen-bond donors (Lipinski definition) is 1. The van der Waals surface area contributed by atoms with Gasteiger partial charge in [-0.15, -0.1) is 0 Å². The van der Waals surface area contributed by atoms with E-state index in [1.807, 2.05) is 13.0 Å². The quantitative estimate of drug-likeness (QED) is 0.843. The minimum absolute atomic E-state index is 0.344. The van der Waals surface area contributed by atoms with E-state index in [9.17, 15) is 0 Å². The molecular weight excluding hydrogens is 216 g/mol. The van der Waals surface area contributed by atoms with Gasteiger partial charge >= 0.3 is 0 Å². The first-order chi connectivity index (χ1) is 8.29. The van der Waals surface area contributed by atoms with Gasteiger partial charge in [-0.05, 0) is 19.8 Å². The molecule has 5 nitrogen and oxygen atoms in total. The summed E-state index contributed by atoms with van der Waals surface area (Å²) in [5.41, 5.74) is 6.83. The Morgan fingerprint density at radius 3 is 2.88 bits per heavy atom. The Labute approximate surface area is 102 Å². The fraction of sp³-hybridized carbons (Fsp3) is 0.667. The van der Waals surface area contributed by atoms with Gasteiger partial charge in [0.15, 0.2) is 0 Å². The summed E-state index contributed by atoms with van der Waals surface area (Å²) in [6.07, 6.45) is 3.67. The van der Waals surface area contributed by atoms with Gasteiger partial charge in [0.25, 0.3) is 0 Å². The molecule has 1 aliphatic heterocycles. The lowest BCUT2D eigenvalue weighted by atomic mass is 10.1. The topological polar surface area (TPSA) is 64.3 Å². The maximum Gasteiger partial charge on any atom is 0.132 e. The van der Waals surface area contributed by atoms with Crippen molar-refractivity contribution in [1.82, 2.24) is 9.97 Å². The zero-order chi connectivity index (χ0) is 12.1. The van der Waals surface area contributed by atoms with Crippen LogP contribution in [0.3, 0.4) is 0 Å². The minimum Gasteiger partial charge on any atom is -0.375 e. The summed E-state index contributed by atoms with van der Waals surface area (Å²) in [6, 6.07) is 2.35. The van der Waals surface area contributed by atoms with Crippen LogP contribution in [0.1, 0.15) is 25.5 Å². The molecule has 1 fully saturated rings. The van der Waals surface area contributed by atoms with Crippen molar-refractivity contribution < 1.29 is 4.74 Å². The lowest BCUT2D eigenvalue weighted by Gasteiger charge is -2.31. The molecular formula is C12H20N4O. The molecule has 0 radical (unpaired) electrons. The highest BCUT2D eigenvalue weighted by Crippen LogP contribution is 2.17. The maximum absolute atomic E-state index is 5.89. The molecule has 1 saturated heterocycles. The predicted molar refractivity (Wildman–Crippen MR) is 66.8 cm³/mol. The van der Waals surface area contributed by atoms with Crippen LogP contribution in [0.25, 0.3) is 0 Å². The van der Waals surface area contributed by atoms with E-state index in [2.05, 4.69) is 14.9 Å². The molecule has 0 bridgehead atoms. The number of nitrogens with two attached hydrogens (primary N) is 1. The Kier molecular flexibility index (Phi) is 4.28. The number of anilines is 1. The Balaban J connectivity index is 2.00. The van der Waals surface area contributed by atoms with Crippen LogP contribution in [-0.2, 0) is 11.3 Å². The van der Waals surface area contributed by atoms with Gasteiger partial charge < -0.3 is 15.4 Å². The zero-order valence-electron chi connectivity index (χ0n) is 10.3. The van der Waals surface area contributed by atoms with Crippen LogP contribution in [0.15, 0.2) is 12.4 Å². The summed E-state index contributed by atoms with van der Waals surface area (Å²) in [5, 5.41) is 0. The average Bonchev–Trinajstić information content (AvgIpc) is 2.37. The normalized spacial score (nSPS) is 17.4. The molecule has 2 rings (SSSR count). The second-order valence-electron chi connectivity index (χ2n) is 4.33. The van der Waals surface area contributed by atoms with E-state index in [1.165, 1.54) is 0 Å². The van der Waals surface area contributed by atoms with Crippen LogP contribution in [-0.4, -0.2) is 35.7 Å². The first-order valence-corrected chi connectivity index (χ1v) is 6.18. The molecule has 0 saturated carbocycles. The van der Waals surface area contributed by atoms with Gasteiger partial charge in [0.05, 0.1) is 12.3 Å². The SMILES string of the molecule is CCOCc1cc(N2CCC(N)CC2)ncn1. The first-order valence-electron chi connectivity index (χ1n) is 6.18. The second-order valence-corrected chi connectivity index (χ2v) is 4.33. The van der Waals surface area contributed by atoms with Crippen molar-refractivity contribution in [2.75, 3.05) is 24.6 Å². The van der Waals surface area contributed by atoms with Gasteiger partial charge in [-0.3, -0.25) is 0 Å². The molecule has 0 spiro atoms. The van der Waals surface area contributed by atoms with Crippen molar-refractivity contribution in [3.05, 3.63) is 18.1 Å². The lowest BCUT2D eigenvalue weighted by Crippen LogP contribution is -2.40. The summed E-state index contributed by atoms with van der Waals surface area (Å²) >= 11 is 0. The third-order valence-corrected chi connectivity index (χ3v) is 3.03. The Hall–Kier alpha value is -1.20. The summed E-state index contributed by atoms with van der Waals surface area (Å²) in [5.74, 6) is 0.988.